The van der Waals surface area contributed by atoms with E-state index >= 15 is 0 Å². The molecule has 4 rings (SSSR count). The Morgan fingerprint density at radius 1 is 0.963 bits per heavy atom. The Balaban J connectivity index is 1.51. The van der Waals surface area contributed by atoms with E-state index in [1.54, 1.807) is 11.1 Å². The summed E-state index contributed by atoms with van der Waals surface area (Å²) in [6.07, 6.45) is 10.3. The number of fused-ring (bicyclic) bond motifs is 1. The van der Waals surface area contributed by atoms with E-state index in [1.165, 1.54) is 49.7 Å². The van der Waals surface area contributed by atoms with Gasteiger partial charge in [0.2, 0.25) is 0 Å². The van der Waals surface area contributed by atoms with Crippen molar-refractivity contribution in [2.75, 3.05) is 6.61 Å². The first-order chi connectivity index (χ1) is 13.1. The Labute approximate surface area is 162 Å². The minimum atomic E-state index is -0.260. The van der Waals surface area contributed by atoms with Crippen LogP contribution in [0.2, 0.25) is 0 Å². The maximum absolute atomic E-state index is 11.8. The first-order valence-corrected chi connectivity index (χ1v) is 10.2. The lowest BCUT2D eigenvalue weighted by molar-refractivity contribution is 0.0526. The minimum absolute atomic E-state index is 0.260. The van der Waals surface area contributed by atoms with E-state index in [1.807, 2.05) is 31.2 Å². The molecule has 2 aliphatic rings. The number of ether oxygens (including phenoxy) is 1. The summed E-state index contributed by atoms with van der Waals surface area (Å²) in [7, 11) is 0. The summed E-state index contributed by atoms with van der Waals surface area (Å²) < 4.78 is 5.05. The minimum Gasteiger partial charge on any atom is -0.462 e. The van der Waals surface area contributed by atoms with Crippen molar-refractivity contribution in [2.24, 2.45) is 5.41 Å². The van der Waals surface area contributed by atoms with Crippen LogP contribution >= 0.6 is 0 Å². The summed E-state index contributed by atoms with van der Waals surface area (Å²) in [5.74, 6) is -0.260. The third-order valence-corrected chi connectivity index (χ3v) is 6.27. The molecule has 1 fully saturated rings. The van der Waals surface area contributed by atoms with Gasteiger partial charge in [0.1, 0.15) is 0 Å². The van der Waals surface area contributed by atoms with E-state index in [0.29, 0.717) is 17.6 Å². The van der Waals surface area contributed by atoms with Crippen LogP contribution in [0.4, 0.5) is 0 Å². The molecule has 27 heavy (non-hydrogen) atoms. The van der Waals surface area contributed by atoms with Crippen LogP contribution in [-0.4, -0.2) is 12.6 Å². The number of benzene rings is 2. The molecule has 0 saturated heterocycles. The molecule has 0 bridgehead atoms. The van der Waals surface area contributed by atoms with Crippen LogP contribution in [0.3, 0.4) is 0 Å². The number of allylic oxidation sites excluding steroid dienone is 1. The number of rotatable bonds is 4. The van der Waals surface area contributed by atoms with Crippen LogP contribution in [0.5, 0.6) is 0 Å². The molecular formula is C25H28O2. The van der Waals surface area contributed by atoms with Gasteiger partial charge in [-0.05, 0) is 97.7 Å². The Bertz CT molecular complexity index is 870. The summed E-state index contributed by atoms with van der Waals surface area (Å²) in [6.45, 7) is 4.39. The van der Waals surface area contributed by atoms with Crippen molar-refractivity contribution < 1.29 is 9.53 Å². The monoisotopic (exact) mass is 360 g/mol. The van der Waals surface area contributed by atoms with E-state index in [-0.39, 0.29) is 5.97 Å². The van der Waals surface area contributed by atoms with Gasteiger partial charge in [0.05, 0.1) is 12.2 Å². The van der Waals surface area contributed by atoms with Crippen LogP contribution in [0, 0.1) is 5.41 Å². The second-order valence-electron chi connectivity index (χ2n) is 8.15. The van der Waals surface area contributed by atoms with Crippen LogP contribution in [0.25, 0.3) is 11.6 Å². The third-order valence-electron chi connectivity index (χ3n) is 6.27. The molecule has 0 N–H and O–H groups in total. The molecule has 0 heterocycles. The van der Waals surface area contributed by atoms with Crippen LogP contribution in [0.1, 0.15) is 72.1 Å². The number of aryl methyl sites for hydroxylation is 2. The Morgan fingerprint density at radius 3 is 2.30 bits per heavy atom. The lowest BCUT2D eigenvalue weighted by Crippen LogP contribution is -2.03. The first-order valence-electron chi connectivity index (χ1n) is 10.2. The summed E-state index contributed by atoms with van der Waals surface area (Å²) >= 11 is 0. The highest BCUT2D eigenvalue weighted by atomic mass is 16.5. The van der Waals surface area contributed by atoms with Gasteiger partial charge < -0.3 is 4.74 Å². The maximum Gasteiger partial charge on any atom is 0.338 e. The molecule has 0 aliphatic heterocycles. The van der Waals surface area contributed by atoms with Gasteiger partial charge in [-0.25, -0.2) is 4.79 Å². The van der Waals surface area contributed by atoms with Gasteiger partial charge in [-0.3, -0.25) is 0 Å². The van der Waals surface area contributed by atoms with E-state index < -0.39 is 0 Å². The molecule has 0 unspecified atom stereocenters. The van der Waals surface area contributed by atoms with Crippen molar-refractivity contribution in [2.45, 2.75) is 52.4 Å². The lowest BCUT2D eigenvalue weighted by atomic mass is 9.96. The zero-order chi connectivity index (χ0) is 18.9. The zero-order valence-electron chi connectivity index (χ0n) is 16.4. The number of hydrogen-bond donors (Lipinski definition) is 0. The molecule has 2 nitrogen and oxygen atoms in total. The summed E-state index contributed by atoms with van der Waals surface area (Å²) in [5.41, 5.74) is 8.04. The zero-order valence-corrected chi connectivity index (χ0v) is 16.4. The molecule has 1 spiro atoms. The maximum atomic E-state index is 11.8. The Kier molecular flexibility index (Phi) is 4.90. The molecule has 2 aromatic carbocycles. The summed E-state index contributed by atoms with van der Waals surface area (Å²) in [6, 6.07) is 14.6. The molecule has 0 atom stereocenters. The van der Waals surface area contributed by atoms with Gasteiger partial charge in [-0.1, -0.05) is 36.4 Å². The largest absolute Gasteiger partial charge is 0.462 e. The molecular weight excluding hydrogens is 332 g/mol. The Hall–Kier alpha value is -2.35. The van der Waals surface area contributed by atoms with Crippen LogP contribution in [0.15, 0.2) is 42.5 Å². The van der Waals surface area contributed by atoms with Crippen molar-refractivity contribution in [3.8, 4) is 0 Å². The molecule has 140 valence electrons. The SMILES string of the molecule is CCOC(=O)c1ccc(C=C(C)c2ccc3c(c2)CCC2(CC3)CC2)cc1. The van der Waals surface area contributed by atoms with Crippen molar-refractivity contribution in [3.05, 3.63) is 70.3 Å². The van der Waals surface area contributed by atoms with Gasteiger partial charge in [0.25, 0.3) is 0 Å². The van der Waals surface area contributed by atoms with Gasteiger partial charge in [-0.2, -0.15) is 0 Å². The molecule has 0 aromatic heterocycles. The number of hydrogen-bond acceptors (Lipinski definition) is 2. The van der Waals surface area contributed by atoms with Gasteiger partial charge >= 0.3 is 5.97 Å². The molecule has 0 radical (unpaired) electrons. The fraction of sp³-hybridized carbons (Fsp3) is 0.400. The second-order valence-corrected chi connectivity index (χ2v) is 8.15. The average molecular weight is 360 g/mol. The quantitative estimate of drug-likeness (QED) is 0.488. The van der Waals surface area contributed by atoms with Gasteiger partial charge in [0, 0.05) is 0 Å². The summed E-state index contributed by atoms with van der Waals surface area (Å²) in [4.78, 5) is 11.8. The number of carbonyl (C=O) groups is 1. The van der Waals surface area contributed by atoms with Gasteiger partial charge in [0.15, 0.2) is 0 Å². The lowest BCUT2D eigenvalue weighted by Gasteiger charge is -2.10. The molecule has 0 amide bonds. The molecule has 1 saturated carbocycles. The fourth-order valence-corrected chi connectivity index (χ4v) is 4.21. The normalized spacial score (nSPS) is 17.9. The topological polar surface area (TPSA) is 26.3 Å². The van der Waals surface area contributed by atoms with E-state index in [2.05, 4.69) is 31.2 Å². The molecule has 2 heteroatoms. The molecule has 2 aromatic rings. The predicted octanol–water partition coefficient (Wildman–Crippen LogP) is 6.08. The van der Waals surface area contributed by atoms with E-state index in [9.17, 15) is 4.79 Å². The molecule has 2 aliphatic carbocycles. The average Bonchev–Trinajstić information content (AvgIpc) is 3.48. The highest BCUT2D eigenvalue weighted by molar-refractivity contribution is 5.90. The third kappa shape index (κ3) is 4.00. The van der Waals surface area contributed by atoms with Crippen molar-refractivity contribution in [1.29, 1.82) is 0 Å². The van der Waals surface area contributed by atoms with Crippen LogP contribution in [-0.2, 0) is 17.6 Å². The van der Waals surface area contributed by atoms with Crippen molar-refractivity contribution >= 4 is 17.6 Å². The van der Waals surface area contributed by atoms with Crippen molar-refractivity contribution in [1.82, 2.24) is 0 Å². The number of carbonyl (C=O) groups excluding carboxylic acids is 1. The van der Waals surface area contributed by atoms with Crippen LogP contribution < -0.4 is 0 Å². The second kappa shape index (κ2) is 7.34. The highest BCUT2D eigenvalue weighted by Gasteiger charge is 2.42. The van der Waals surface area contributed by atoms with Gasteiger partial charge in [-0.15, -0.1) is 0 Å². The smallest absolute Gasteiger partial charge is 0.338 e. The number of esters is 1. The van der Waals surface area contributed by atoms with E-state index in [0.717, 1.165) is 5.56 Å². The Morgan fingerprint density at radius 2 is 1.63 bits per heavy atom. The van der Waals surface area contributed by atoms with E-state index in [4.69, 9.17) is 4.74 Å². The highest BCUT2D eigenvalue weighted by Crippen LogP contribution is 2.54. The fourth-order valence-electron chi connectivity index (χ4n) is 4.21. The van der Waals surface area contributed by atoms with Crippen molar-refractivity contribution in [3.63, 3.8) is 0 Å². The predicted molar refractivity (Wildman–Crippen MR) is 111 cm³/mol. The first kappa shape index (κ1) is 18.0. The standard InChI is InChI=1S/C25H28O2/c1-3-27-24(26)21-6-4-19(5-7-21)16-18(2)22-9-8-20-10-12-25(14-15-25)13-11-23(20)17-22/h4-9,16-17H,3,10-15H2,1-2H3. The summed E-state index contributed by atoms with van der Waals surface area (Å²) in [5, 5.41) is 0.